The van der Waals surface area contributed by atoms with Crippen molar-refractivity contribution in [3.63, 3.8) is 0 Å². The Balaban J connectivity index is 1.24. The molecule has 4 aromatic rings. The Hall–Kier alpha value is -3.71. The Morgan fingerprint density at radius 2 is 1.61 bits per heavy atom. The van der Waals surface area contributed by atoms with Crippen molar-refractivity contribution in [2.24, 2.45) is 0 Å². The van der Waals surface area contributed by atoms with E-state index in [1.807, 2.05) is 55.5 Å². The molecule has 168 valence electrons. The van der Waals surface area contributed by atoms with Crippen molar-refractivity contribution < 1.29 is 13.6 Å². The second kappa shape index (κ2) is 9.42. The van der Waals surface area contributed by atoms with E-state index in [9.17, 15) is 4.79 Å². The van der Waals surface area contributed by atoms with Crippen LogP contribution in [0.2, 0.25) is 0 Å². The van der Waals surface area contributed by atoms with Gasteiger partial charge in [-0.05, 0) is 81.4 Å². The van der Waals surface area contributed by atoms with Crippen molar-refractivity contribution in [3.05, 3.63) is 83.8 Å². The van der Waals surface area contributed by atoms with Crippen molar-refractivity contribution >= 4 is 5.91 Å². The predicted octanol–water partition coefficient (Wildman–Crippen LogP) is 4.87. The molecule has 1 atom stereocenters. The molecule has 0 unspecified atom stereocenters. The zero-order chi connectivity index (χ0) is 22.6. The monoisotopic (exact) mass is 442 g/mol. The predicted molar refractivity (Wildman–Crippen MR) is 124 cm³/mol. The number of aromatic nitrogens is 2. The van der Waals surface area contributed by atoms with Crippen LogP contribution in [0.15, 0.2) is 75.8 Å². The first-order chi connectivity index (χ1) is 16.2. The van der Waals surface area contributed by atoms with Gasteiger partial charge in [0, 0.05) is 23.2 Å². The summed E-state index contributed by atoms with van der Waals surface area (Å²) >= 11 is 0. The fourth-order valence-electron chi connectivity index (χ4n) is 4.15. The van der Waals surface area contributed by atoms with Crippen molar-refractivity contribution in [2.45, 2.75) is 25.8 Å². The van der Waals surface area contributed by atoms with Gasteiger partial charge in [0.1, 0.15) is 5.76 Å². The number of hydrogen-bond acceptors (Lipinski definition) is 6. The molecule has 5 rings (SSSR count). The number of nitrogens with zero attached hydrogens (tertiary/aromatic N) is 3. The van der Waals surface area contributed by atoms with Crippen LogP contribution in [0, 0.1) is 6.92 Å². The van der Waals surface area contributed by atoms with Crippen LogP contribution in [0.5, 0.6) is 0 Å². The zero-order valence-corrected chi connectivity index (χ0v) is 18.5. The highest BCUT2D eigenvalue weighted by molar-refractivity contribution is 5.94. The molecule has 1 aliphatic rings. The minimum atomic E-state index is -0.122. The van der Waals surface area contributed by atoms with E-state index in [1.54, 1.807) is 18.4 Å². The van der Waals surface area contributed by atoms with Crippen molar-refractivity contribution in [2.75, 3.05) is 19.6 Å². The topological polar surface area (TPSA) is 84.4 Å². The summed E-state index contributed by atoms with van der Waals surface area (Å²) in [4.78, 5) is 15.2. The van der Waals surface area contributed by atoms with Gasteiger partial charge in [-0.1, -0.05) is 17.7 Å². The molecule has 3 heterocycles. The third-order valence-corrected chi connectivity index (χ3v) is 6.03. The van der Waals surface area contributed by atoms with Gasteiger partial charge in [0.05, 0.1) is 12.3 Å². The van der Waals surface area contributed by atoms with Crippen molar-refractivity contribution in [3.8, 4) is 22.9 Å². The van der Waals surface area contributed by atoms with E-state index in [0.29, 0.717) is 23.9 Å². The highest BCUT2D eigenvalue weighted by Crippen LogP contribution is 2.26. The summed E-state index contributed by atoms with van der Waals surface area (Å²) in [6.45, 7) is 4.57. The quantitative estimate of drug-likeness (QED) is 0.439. The largest absolute Gasteiger partial charge is 0.468 e. The van der Waals surface area contributed by atoms with Gasteiger partial charge in [-0.15, -0.1) is 10.2 Å². The lowest BCUT2D eigenvalue weighted by Gasteiger charge is -2.26. The van der Waals surface area contributed by atoms with E-state index < -0.39 is 0 Å². The molecular formula is C26H26N4O3. The van der Waals surface area contributed by atoms with Crippen LogP contribution in [0.25, 0.3) is 22.9 Å². The Kier molecular flexibility index (Phi) is 6.04. The number of aryl methyl sites for hydroxylation is 1. The van der Waals surface area contributed by atoms with E-state index in [-0.39, 0.29) is 11.9 Å². The average Bonchev–Trinajstić information content (AvgIpc) is 3.63. The van der Waals surface area contributed by atoms with E-state index in [2.05, 4.69) is 20.4 Å². The lowest BCUT2D eigenvalue weighted by Crippen LogP contribution is -2.36. The molecule has 1 aliphatic heterocycles. The number of carbonyl (C=O) groups is 1. The zero-order valence-electron chi connectivity index (χ0n) is 18.5. The Morgan fingerprint density at radius 3 is 2.21 bits per heavy atom. The summed E-state index contributed by atoms with van der Waals surface area (Å²) in [5, 5.41) is 11.4. The summed E-state index contributed by atoms with van der Waals surface area (Å²) < 4.78 is 11.5. The molecule has 0 spiro atoms. The lowest BCUT2D eigenvalue weighted by atomic mass is 10.1. The summed E-state index contributed by atoms with van der Waals surface area (Å²) in [5.41, 5.74) is 3.39. The number of benzene rings is 2. The van der Waals surface area contributed by atoms with Gasteiger partial charge in [0.2, 0.25) is 11.8 Å². The molecule has 0 radical (unpaired) electrons. The maximum absolute atomic E-state index is 12.8. The van der Waals surface area contributed by atoms with E-state index in [1.165, 1.54) is 18.4 Å². The van der Waals surface area contributed by atoms with E-state index in [4.69, 9.17) is 8.83 Å². The third kappa shape index (κ3) is 4.73. The first kappa shape index (κ1) is 21.2. The molecule has 0 aliphatic carbocycles. The number of rotatable bonds is 7. The number of likely N-dealkylation sites (tertiary alicyclic amines) is 1. The van der Waals surface area contributed by atoms with Crippen LogP contribution in [0.1, 0.15) is 40.6 Å². The van der Waals surface area contributed by atoms with Crippen LogP contribution < -0.4 is 5.32 Å². The van der Waals surface area contributed by atoms with Gasteiger partial charge < -0.3 is 14.2 Å². The van der Waals surface area contributed by atoms with Crippen molar-refractivity contribution in [1.82, 2.24) is 20.4 Å². The Morgan fingerprint density at radius 1 is 0.970 bits per heavy atom. The Labute approximate surface area is 192 Å². The second-order valence-electron chi connectivity index (χ2n) is 8.34. The van der Waals surface area contributed by atoms with Crippen LogP contribution in [0.3, 0.4) is 0 Å². The van der Waals surface area contributed by atoms with Gasteiger partial charge in [0.15, 0.2) is 0 Å². The first-order valence-corrected chi connectivity index (χ1v) is 11.2. The van der Waals surface area contributed by atoms with E-state index >= 15 is 0 Å². The highest BCUT2D eigenvalue weighted by atomic mass is 16.4. The molecule has 1 fully saturated rings. The van der Waals surface area contributed by atoms with E-state index in [0.717, 1.165) is 30.0 Å². The lowest BCUT2D eigenvalue weighted by molar-refractivity contribution is 0.0934. The molecule has 33 heavy (non-hydrogen) atoms. The summed E-state index contributed by atoms with van der Waals surface area (Å²) in [6, 6.07) is 19.0. The summed E-state index contributed by atoms with van der Waals surface area (Å²) in [5.74, 6) is 1.65. The van der Waals surface area contributed by atoms with Gasteiger partial charge in [-0.2, -0.15) is 0 Å². The number of hydrogen-bond donors (Lipinski definition) is 1. The molecule has 2 aromatic heterocycles. The fourth-order valence-corrected chi connectivity index (χ4v) is 4.15. The summed E-state index contributed by atoms with van der Waals surface area (Å²) in [7, 11) is 0. The van der Waals surface area contributed by atoms with Gasteiger partial charge in [-0.3, -0.25) is 9.69 Å². The average molecular weight is 443 g/mol. The fraction of sp³-hybridized carbons (Fsp3) is 0.269. The summed E-state index contributed by atoms with van der Waals surface area (Å²) in [6.07, 6.45) is 4.03. The number of furan rings is 1. The smallest absolute Gasteiger partial charge is 0.251 e. The number of carbonyl (C=O) groups excluding carboxylic acids is 1. The molecule has 7 nitrogen and oxygen atoms in total. The van der Waals surface area contributed by atoms with Gasteiger partial charge >= 0.3 is 0 Å². The van der Waals surface area contributed by atoms with Crippen LogP contribution in [0.4, 0.5) is 0 Å². The highest BCUT2D eigenvalue weighted by Gasteiger charge is 2.26. The number of amides is 1. The molecule has 1 N–H and O–H groups in total. The molecule has 7 heteroatoms. The normalized spacial score (nSPS) is 14.9. The van der Waals surface area contributed by atoms with Gasteiger partial charge in [0.25, 0.3) is 5.91 Å². The van der Waals surface area contributed by atoms with Crippen LogP contribution in [-0.2, 0) is 0 Å². The van der Waals surface area contributed by atoms with Crippen molar-refractivity contribution in [1.29, 1.82) is 0 Å². The molecule has 1 saturated heterocycles. The van der Waals surface area contributed by atoms with Crippen LogP contribution >= 0.6 is 0 Å². The third-order valence-electron chi connectivity index (χ3n) is 6.03. The minimum Gasteiger partial charge on any atom is -0.468 e. The van der Waals surface area contributed by atoms with Crippen LogP contribution in [-0.4, -0.2) is 40.6 Å². The molecular weight excluding hydrogens is 416 g/mol. The maximum Gasteiger partial charge on any atom is 0.251 e. The standard InChI is InChI=1S/C26H26N4O3/c1-18-6-8-20(9-7-18)25-28-29-26(33-25)21-12-10-19(11-13-21)24(31)27-17-22(23-5-4-16-32-23)30-14-2-3-15-30/h4-13,16,22H,2-3,14-15,17H2,1H3,(H,27,31)/t22-/m0/s1. The molecule has 2 aromatic carbocycles. The second-order valence-corrected chi connectivity index (χ2v) is 8.34. The molecule has 1 amide bonds. The first-order valence-electron chi connectivity index (χ1n) is 11.2. The molecule has 0 saturated carbocycles. The Bertz CT molecular complexity index is 1190. The molecule has 0 bridgehead atoms. The SMILES string of the molecule is Cc1ccc(-c2nnc(-c3ccc(C(=O)NC[C@@H](c4ccco4)N4CCCC4)cc3)o2)cc1. The maximum atomic E-state index is 12.8. The van der Waals surface area contributed by atoms with Gasteiger partial charge in [-0.25, -0.2) is 0 Å². The minimum absolute atomic E-state index is 0.0457. The number of nitrogens with one attached hydrogen (secondary N) is 1.